The van der Waals surface area contributed by atoms with E-state index in [1.54, 1.807) is 13.1 Å². The Hall–Kier alpha value is -2.13. The highest BCUT2D eigenvalue weighted by molar-refractivity contribution is 7.89. The quantitative estimate of drug-likeness (QED) is 0.853. The second-order valence-electron chi connectivity index (χ2n) is 6.61. The number of carbonyl (C=O) groups excluding carboxylic acids is 1. The Kier molecular flexibility index (Phi) is 3.73. The molecule has 9 heteroatoms. The van der Waals surface area contributed by atoms with Crippen molar-refractivity contribution in [3.05, 3.63) is 28.7 Å². The van der Waals surface area contributed by atoms with E-state index in [-0.39, 0.29) is 22.4 Å². The molecular weight excluding hydrogens is 346 g/mol. The lowest BCUT2D eigenvalue weighted by molar-refractivity contribution is -0.124. The third-order valence-electron chi connectivity index (χ3n) is 4.80. The van der Waals surface area contributed by atoms with Crippen molar-refractivity contribution in [2.75, 3.05) is 6.54 Å². The van der Waals surface area contributed by atoms with Crippen LogP contribution in [0, 0.1) is 0 Å². The van der Waals surface area contributed by atoms with Gasteiger partial charge in [0.05, 0.1) is 10.4 Å². The summed E-state index contributed by atoms with van der Waals surface area (Å²) in [6.07, 6.45) is 3.06. The van der Waals surface area contributed by atoms with Gasteiger partial charge in [-0.2, -0.15) is 4.31 Å². The molecule has 0 spiro atoms. The molecule has 1 aromatic carbocycles. The number of nitrogens with zero attached hydrogens (tertiary/aromatic N) is 2. The van der Waals surface area contributed by atoms with Crippen molar-refractivity contribution in [1.82, 2.24) is 14.2 Å². The smallest absolute Gasteiger partial charge is 0.408 e. The average molecular weight is 365 g/mol. The van der Waals surface area contributed by atoms with Crippen molar-refractivity contribution in [1.29, 1.82) is 0 Å². The van der Waals surface area contributed by atoms with Crippen LogP contribution in [0.5, 0.6) is 0 Å². The second kappa shape index (κ2) is 5.70. The van der Waals surface area contributed by atoms with Crippen LogP contribution in [-0.2, 0) is 21.9 Å². The maximum absolute atomic E-state index is 13.0. The van der Waals surface area contributed by atoms with Gasteiger partial charge in [-0.1, -0.05) is 0 Å². The van der Waals surface area contributed by atoms with Crippen LogP contribution in [0.4, 0.5) is 0 Å². The highest BCUT2D eigenvalue weighted by Gasteiger charge is 2.41. The molecule has 2 aliphatic rings. The Morgan fingerprint density at radius 3 is 2.76 bits per heavy atom. The Labute approximate surface area is 144 Å². The van der Waals surface area contributed by atoms with Gasteiger partial charge in [0.15, 0.2) is 5.58 Å². The van der Waals surface area contributed by atoms with Crippen molar-refractivity contribution >= 4 is 27.0 Å². The molecule has 1 saturated carbocycles. The van der Waals surface area contributed by atoms with Crippen LogP contribution in [0.3, 0.4) is 0 Å². The highest BCUT2D eigenvalue weighted by atomic mass is 32.2. The minimum atomic E-state index is -3.84. The minimum absolute atomic E-state index is 0.0282. The summed E-state index contributed by atoms with van der Waals surface area (Å²) in [6.45, 7) is 0.307. The zero-order chi connectivity index (χ0) is 17.8. The van der Waals surface area contributed by atoms with Gasteiger partial charge in [-0.05, 0) is 37.8 Å². The molecule has 2 heterocycles. The SMILES string of the molecule is Cn1c(=O)oc2cc(S(=O)(=O)N3CCC[C@H]3C(=O)NC3CC3)ccc21. The van der Waals surface area contributed by atoms with Gasteiger partial charge in [-0.3, -0.25) is 9.36 Å². The fraction of sp³-hybridized carbons (Fsp3) is 0.500. The normalized spacial score (nSPS) is 21.7. The molecule has 1 amide bonds. The number of carbonyl (C=O) groups is 1. The van der Waals surface area contributed by atoms with E-state index in [0.717, 1.165) is 12.8 Å². The van der Waals surface area contributed by atoms with Crippen molar-refractivity contribution < 1.29 is 17.6 Å². The van der Waals surface area contributed by atoms with Gasteiger partial charge in [0, 0.05) is 25.7 Å². The lowest BCUT2D eigenvalue weighted by Gasteiger charge is -2.23. The van der Waals surface area contributed by atoms with E-state index in [1.165, 1.54) is 21.0 Å². The number of oxazole rings is 1. The fourth-order valence-corrected chi connectivity index (χ4v) is 4.90. The van der Waals surface area contributed by atoms with E-state index in [0.29, 0.717) is 24.9 Å². The molecule has 25 heavy (non-hydrogen) atoms. The molecule has 4 rings (SSSR count). The van der Waals surface area contributed by atoms with Crippen LogP contribution in [0.2, 0.25) is 0 Å². The summed E-state index contributed by atoms with van der Waals surface area (Å²) in [4.78, 5) is 24.0. The Morgan fingerprint density at radius 1 is 1.28 bits per heavy atom. The number of hydrogen-bond acceptors (Lipinski definition) is 5. The van der Waals surface area contributed by atoms with E-state index in [9.17, 15) is 18.0 Å². The van der Waals surface area contributed by atoms with Crippen LogP contribution in [0.15, 0.2) is 32.3 Å². The molecule has 0 bridgehead atoms. The molecule has 2 fully saturated rings. The summed E-state index contributed by atoms with van der Waals surface area (Å²) in [5, 5.41) is 2.88. The molecule has 1 atom stereocenters. The first-order valence-electron chi connectivity index (χ1n) is 8.30. The summed E-state index contributed by atoms with van der Waals surface area (Å²) >= 11 is 0. The van der Waals surface area contributed by atoms with E-state index < -0.39 is 21.8 Å². The zero-order valence-electron chi connectivity index (χ0n) is 13.8. The van der Waals surface area contributed by atoms with E-state index in [4.69, 9.17) is 4.42 Å². The Balaban J connectivity index is 1.68. The number of aryl methyl sites for hydroxylation is 1. The maximum atomic E-state index is 13.0. The number of fused-ring (bicyclic) bond motifs is 1. The minimum Gasteiger partial charge on any atom is -0.408 e. The summed E-state index contributed by atoms with van der Waals surface area (Å²) in [7, 11) is -2.29. The van der Waals surface area contributed by atoms with Crippen LogP contribution in [-0.4, -0.2) is 41.8 Å². The van der Waals surface area contributed by atoms with Gasteiger partial charge in [0.2, 0.25) is 15.9 Å². The first kappa shape index (κ1) is 16.3. The molecular formula is C16H19N3O5S. The number of hydrogen-bond donors (Lipinski definition) is 1. The van der Waals surface area contributed by atoms with Gasteiger partial charge in [0.25, 0.3) is 0 Å². The lowest BCUT2D eigenvalue weighted by Crippen LogP contribution is -2.46. The summed E-state index contributed by atoms with van der Waals surface area (Å²) < 4.78 is 33.7. The molecule has 1 aliphatic heterocycles. The third-order valence-corrected chi connectivity index (χ3v) is 6.70. The molecule has 8 nitrogen and oxygen atoms in total. The molecule has 1 aliphatic carbocycles. The van der Waals surface area contributed by atoms with Gasteiger partial charge < -0.3 is 9.73 Å². The van der Waals surface area contributed by atoms with Crippen LogP contribution < -0.4 is 11.1 Å². The number of sulfonamides is 1. The molecule has 134 valence electrons. The molecule has 1 saturated heterocycles. The predicted octanol–water partition coefficient (Wildman–Crippen LogP) is 0.563. The maximum Gasteiger partial charge on any atom is 0.419 e. The Bertz CT molecular complexity index is 1000. The first-order valence-corrected chi connectivity index (χ1v) is 9.74. The van der Waals surface area contributed by atoms with Crippen molar-refractivity contribution in [2.24, 2.45) is 7.05 Å². The molecule has 0 unspecified atom stereocenters. The number of rotatable bonds is 4. The van der Waals surface area contributed by atoms with Crippen molar-refractivity contribution in [2.45, 2.75) is 42.7 Å². The number of amides is 1. The van der Waals surface area contributed by atoms with Crippen molar-refractivity contribution in [3.8, 4) is 0 Å². The van der Waals surface area contributed by atoms with Crippen LogP contribution in [0.25, 0.3) is 11.1 Å². The van der Waals surface area contributed by atoms with E-state index >= 15 is 0 Å². The average Bonchev–Trinajstić information content (AvgIpc) is 3.15. The second-order valence-corrected chi connectivity index (χ2v) is 8.50. The summed E-state index contributed by atoms with van der Waals surface area (Å²) in [6, 6.07) is 3.85. The largest absolute Gasteiger partial charge is 0.419 e. The monoisotopic (exact) mass is 365 g/mol. The standard InChI is InChI=1S/C16H19N3O5S/c1-18-12-7-6-11(9-14(12)24-16(18)21)25(22,23)19-8-2-3-13(19)15(20)17-10-4-5-10/h6-7,9-10,13H,2-5,8H2,1H3,(H,17,20)/t13-/m0/s1. The zero-order valence-corrected chi connectivity index (χ0v) is 14.6. The van der Waals surface area contributed by atoms with Gasteiger partial charge >= 0.3 is 5.76 Å². The molecule has 2 aromatic rings. The Morgan fingerprint density at radius 2 is 2.04 bits per heavy atom. The predicted molar refractivity (Wildman–Crippen MR) is 89.5 cm³/mol. The topological polar surface area (TPSA) is 102 Å². The van der Waals surface area contributed by atoms with Gasteiger partial charge in [-0.25, -0.2) is 13.2 Å². The van der Waals surface area contributed by atoms with E-state index in [1.807, 2.05) is 0 Å². The van der Waals surface area contributed by atoms with Crippen LogP contribution in [0.1, 0.15) is 25.7 Å². The third kappa shape index (κ3) is 2.77. The number of aromatic nitrogens is 1. The van der Waals surface area contributed by atoms with Gasteiger partial charge in [-0.15, -0.1) is 0 Å². The first-order chi connectivity index (χ1) is 11.9. The van der Waals surface area contributed by atoms with Crippen molar-refractivity contribution in [3.63, 3.8) is 0 Å². The number of benzene rings is 1. The molecule has 1 aromatic heterocycles. The highest BCUT2D eigenvalue weighted by Crippen LogP contribution is 2.29. The fourth-order valence-electron chi connectivity index (χ4n) is 3.22. The van der Waals surface area contributed by atoms with Crippen LogP contribution >= 0.6 is 0 Å². The van der Waals surface area contributed by atoms with E-state index in [2.05, 4.69) is 5.32 Å². The van der Waals surface area contributed by atoms with Gasteiger partial charge in [0.1, 0.15) is 6.04 Å². The number of nitrogens with one attached hydrogen (secondary N) is 1. The summed E-state index contributed by atoms with van der Waals surface area (Å²) in [5.41, 5.74) is 0.736. The summed E-state index contributed by atoms with van der Waals surface area (Å²) in [5.74, 6) is -0.775. The lowest BCUT2D eigenvalue weighted by atomic mass is 10.2. The molecule has 0 radical (unpaired) electrons. The molecule has 1 N–H and O–H groups in total.